The van der Waals surface area contributed by atoms with Gasteiger partial charge in [-0.2, -0.15) is 5.10 Å². The molecule has 1 heterocycles. The Morgan fingerprint density at radius 3 is 2.56 bits per heavy atom. The molecule has 142 valence electrons. The van der Waals surface area contributed by atoms with Crippen LogP contribution in [-0.2, 0) is 13.0 Å². The second kappa shape index (κ2) is 10.9. The molecular formula is C20H23ClIN5. The van der Waals surface area contributed by atoms with Crippen LogP contribution in [0, 0.1) is 0 Å². The largest absolute Gasteiger partial charge is 0.356 e. The fourth-order valence-electron chi connectivity index (χ4n) is 2.58. The molecule has 0 spiro atoms. The van der Waals surface area contributed by atoms with E-state index in [2.05, 4.69) is 26.9 Å². The summed E-state index contributed by atoms with van der Waals surface area (Å²) in [5.74, 6) is 0.750. The molecule has 5 nitrogen and oxygen atoms in total. The summed E-state index contributed by atoms with van der Waals surface area (Å²) in [4.78, 5) is 4.25. The molecule has 2 N–H and O–H groups in total. The monoisotopic (exact) mass is 495 g/mol. The summed E-state index contributed by atoms with van der Waals surface area (Å²) in [5, 5.41) is 11.8. The van der Waals surface area contributed by atoms with E-state index in [0.717, 1.165) is 35.2 Å². The van der Waals surface area contributed by atoms with E-state index in [0.29, 0.717) is 6.54 Å². The first kappa shape index (κ1) is 21.2. The minimum atomic E-state index is 0. The molecule has 3 aromatic rings. The minimum absolute atomic E-state index is 0. The van der Waals surface area contributed by atoms with Crippen molar-refractivity contribution < 1.29 is 0 Å². The number of para-hydroxylation sites is 1. The Balaban J connectivity index is 0.00000261. The van der Waals surface area contributed by atoms with Crippen molar-refractivity contribution in [2.75, 3.05) is 13.6 Å². The Morgan fingerprint density at radius 2 is 1.81 bits per heavy atom. The summed E-state index contributed by atoms with van der Waals surface area (Å²) in [6.45, 7) is 1.40. The molecule has 0 aliphatic carbocycles. The van der Waals surface area contributed by atoms with E-state index in [9.17, 15) is 0 Å². The standard InChI is InChI=1S/C20H22ClN5.HI/c1-22-20(24-14-17-7-5-6-10-19(17)21)23-12-11-16-13-25-26(15-16)18-8-3-2-4-9-18;/h2-10,13,15H,11-12,14H2,1H3,(H2,22,23,24);1H. The molecule has 3 rings (SSSR count). The maximum atomic E-state index is 6.18. The van der Waals surface area contributed by atoms with Crippen LogP contribution < -0.4 is 10.6 Å². The molecule has 0 aliphatic rings. The molecule has 2 aromatic carbocycles. The van der Waals surface area contributed by atoms with Crippen LogP contribution in [0.25, 0.3) is 5.69 Å². The number of halogens is 2. The van der Waals surface area contributed by atoms with Crippen LogP contribution in [0.4, 0.5) is 0 Å². The fraction of sp³-hybridized carbons (Fsp3) is 0.200. The molecule has 0 amide bonds. The van der Waals surface area contributed by atoms with Gasteiger partial charge in [0.05, 0.1) is 11.9 Å². The minimum Gasteiger partial charge on any atom is -0.356 e. The van der Waals surface area contributed by atoms with Gasteiger partial charge in [-0.3, -0.25) is 4.99 Å². The SMILES string of the molecule is CN=C(NCCc1cnn(-c2ccccc2)c1)NCc1ccccc1Cl.I. The Labute approximate surface area is 181 Å². The molecule has 0 unspecified atom stereocenters. The van der Waals surface area contributed by atoms with Gasteiger partial charge >= 0.3 is 0 Å². The maximum absolute atomic E-state index is 6.18. The first-order chi connectivity index (χ1) is 12.8. The molecule has 1 aromatic heterocycles. The lowest BCUT2D eigenvalue weighted by molar-refractivity contribution is 0.794. The van der Waals surface area contributed by atoms with Gasteiger partial charge < -0.3 is 10.6 Å². The number of aromatic nitrogens is 2. The molecular weight excluding hydrogens is 473 g/mol. The number of hydrogen-bond acceptors (Lipinski definition) is 2. The highest BCUT2D eigenvalue weighted by Crippen LogP contribution is 2.14. The maximum Gasteiger partial charge on any atom is 0.191 e. The second-order valence-corrected chi connectivity index (χ2v) is 6.23. The Bertz CT molecular complexity index is 864. The number of guanidine groups is 1. The molecule has 7 heteroatoms. The van der Waals surface area contributed by atoms with Gasteiger partial charge in [0, 0.05) is 31.4 Å². The molecule has 0 fully saturated rings. The fourth-order valence-corrected chi connectivity index (χ4v) is 2.78. The van der Waals surface area contributed by atoms with Crippen molar-refractivity contribution >= 4 is 41.5 Å². The number of nitrogens with one attached hydrogen (secondary N) is 2. The van der Waals surface area contributed by atoms with Crippen molar-refractivity contribution in [3.8, 4) is 5.69 Å². The normalized spacial score (nSPS) is 11.0. The molecule has 0 saturated carbocycles. The van der Waals surface area contributed by atoms with E-state index < -0.39 is 0 Å². The third-order valence-corrected chi connectivity index (χ3v) is 4.36. The zero-order valence-electron chi connectivity index (χ0n) is 15.1. The molecule has 0 bridgehead atoms. The van der Waals surface area contributed by atoms with E-state index in [1.54, 1.807) is 7.05 Å². The topological polar surface area (TPSA) is 54.2 Å². The van der Waals surface area contributed by atoms with Crippen LogP contribution in [0.2, 0.25) is 5.02 Å². The quantitative estimate of drug-likeness (QED) is 0.308. The molecule has 0 saturated heterocycles. The molecule has 0 radical (unpaired) electrons. The van der Waals surface area contributed by atoms with Gasteiger partial charge in [0.25, 0.3) is 0 Å². The van der Waals surface area contributed by atoms with Crippen LogP contribution in [0.5, 0.6) is 0 Å². The smallest absolute Gasteiger partial charge is 0.191 e. The van der Waals surface area contributed by atoms with E-state index in [1.807, 2.05) is 65.5 Å². The zero-order chi connectivity index (χ0) is 18.2. The average Bonchev–Trinajstić information content (AvgIpc) is 3.15. The number of benzene rings is 2. The zero-order valence-corrected chi connectivity index (χ0v) is 18.2. The van der Waals surface area contributed by atoms with Crippen molar-refractivity contribution in [3.63, 3.8) is 0 Å². The number of hydrogen-bond donors (Lipinski definition) is 2. The van der Waals surface area contributed by atoms with Crippen molar-refractivity contribution in [2.45, 2.75) is 13.0 Å². The summed E-state index contributed by atoms with van der Waals surface area (Å²) >= 11 is 6.18. The van der Waals surface area contributed by atoms with Crippen LogP contribution in [0.15, 0.2) is 72.0 Å². The lowest BCUT2D eigenvalue weighted by Gasteiger charge is -2.12. The molecule has 0 aliphatic heterocycles. The van der Waals surface area contributed by atoms with Gasteiger partial charge in [0.15, 0.2) is 5.96 Å². The average molecular weight is 496 g/mol. The van der Waals surface area contributed by atoms with Crippen molar-refractivity contribution in [3.05, 3.63) is 83.1 Å². The third kappa shape index (κ3) is 6.25. The van der Waals surface area contributed by atoms with Gasteiger partial charge in [0.2, 0.25) is 0 Å². The summed E-state index contributed by atoms with van der Waals surface area (Å²) in [7, 11) is 1.76. The van der Waals surface area contributed by atoms with E-state index in [-0.39, 0.29) is 24.0 Å². The van der Waals surface area contributed by atoms with Crippen LogP contribution >= 0.6 is 35.6 Å². The van der Waals surface area contributed by atoms with Crippen LogP contribution in [0.1, 0.15) is 11.1 Å². The first-order valence-corrected chi connectivity index (χ1v) is 8.91. The summed E-state index contributed by atoms with van der Waals surface area (Å²) in [5.41, 5.74) is 3.27. The van der Waals surface area contributed by atoms with Crippen LogP contribution in [-0.4, -0.2) is 29.3 Å². The van der Waals surface area contributed by atoms with E-state index in [1.165, 1.54) is 5.56 Å². The number of aliphatic imine (C=N–C) groups is 1. The first-order valence-electron chi connectivity index (χ1n) is 8.53. The Morgan fingerprint density at radius 1 is 1.07 bits per heavy atom. The second-order valence-electron chi connectivity index (χ2n) is 5.82. The van der Waals surface area contributed by atoms with Crippen molar-refractivity contribution in [2.24, 2.45) is 4.99 Å². The number of nitrogens with zero attached hydrogens (tertiary/aromatic N) is 3. The molecule has 0 atom stereocenters. The van der Waals surface area contributed by atoms with Gasteiger partial charge in [-0.25, -0.2) is 4.68 Å². The predicted octanol–water partition coefficient (Wildman–Crippen LogP) is 4.05. The van der Waals surface area contributed by atoms with E-state index in [4.69, 9.17) is 11.6 Å². The Hall–Kier alpha value is -2.06. The predicted molar refractivity (Wildman–Crippen MR) is 122 cm³/mol. The van der Waals surface area contributed by atoms with Gasteiger partial charge in [-0.05, 0) is 35.7 Å². The third-order valence-electron chi connectivity index (χ3n) is 3.99. The van der Waals surface area contributed by atoms with Gasteiger partial charge in [-0.15, -0.1) is 24.0 Å². The highest BCUT2D eigenvalue weighted by molar-refractivity contribution is 14.0. The van der Waals surface area contributed by atoms with Crippen LogP contribution in [0.3, 0.4) is 0 Å². The summed E-state index contributed by atoms with van der Waals surface area (Å²) in [6, 6.07) is 17.9. The van der Waals surface area contributed by atoms with Gasteiger partial charge in [-0.1, -0.05) is 48.0 Å². The van der Waals surface area contributed by atoms with Gasteiger partial charge in [0.1, 0.15) is 0 Å². The summed E-state index contributed by atoms with van der Waals surface area (Å²) in [6.07, 6.45) is 4.81. The lowest BCUT2D eigenvalue weighted by Crippen LogP contribution is -2.37. The lowest BCUT2D eigenvalue weighted by atomic mass is 10.2. The highest BCUT2D eigenvalue weighted by Gasteiger charge is 2.03. The van der Waals surface area contributed by atoms with E-state index >= 15 is 0 Å². The Kier molecular flexibility index (Phi) is 8.60. The summed E-state index contributed by atoms with van der Waals surface area (Å²) < 4.78 is 1.89. The van der Waals surface area contributed by atoms with Crippen molar-refractivity contribution in [1.29, 1.82) is 0 Å². The van der Waals surface area contributed by atoms with Crippen molar-refractivity contribution in [1.82, 2.24) is 20.4 Å². The number of rotatable bonds is 6. The highest BCUT2D eigenvalue weighted by atomic mass is 127. The molecule has 27 heavy (non-hydrogen) atoms.